The molecule has 0 bridgehead atoms. The monoisotopic (exact) mass is 298 g/mol. The first-order valence-electron chi connectivity index (χ1n) is 6.72. The Hall–Kier alpha value is -2.86. The topological polar surface area (TPSA) is 78.2 Å². The summed E-state index contributed by atoms with van der Waals surface area (Å²) in [6.45, 7) is 1.73. The van der Waals surface area contributed by atoms with Crippen molar-refractivity contribution in [1.82, 2.24) is 5.48 Å². The molecule has 0 atom stereocenters. The van der Waals surface area contributed by atoms with Gasteiger partial charge < -0.3 is 4.74 Å². The number of amidine groups is 1. The van der Waals surface area contributed by atoms with Gasteiger partial charge in [-0.25, -0.2) is 4.99 Å². The first-order chi connectivity index (χ1) is 10.7. The van der Waals surface area contributed by atoms with Gasteiger partial charge in [-0.1, -0.05) is 30.3 Å². The van der Waals surface area contributed by atoms with Gasteiger partial charge in [0.15, 0.2) is 5.84 Å². The summed E-state index contributed by atoms with van der Waals surface area (Å²) >= 11 is 0. The van der Waals surface area contributed by atoms with E-state index in [1.807, 2.05) is 42.5 Å². The normalized spacial score (nSPS) is 12.0. The number of nitrogens with zero attached hydrogens (tertiary/aromatic N) is 2. The number of rotatable bonds is 5. The van der Waals surface area contributed by atoms with Crippen molar-refractivity contribution in [1.29, 1.82) is 0 Å². The van der Waals surface area contributed by atoms with Gasteiger partial charge in [-0.15, -0.1) is 0 Å². The van der Waals surface area contributed by atoms with Gasteiger partial charge in [0.1, 0.15) is 17.1 Å². The summed E-state index contributed by atoms with van der Waals surface area (Å²) in [5.41, 5.74) is 6.89. The summed E-state index contributed by atoms with van der Waals surface area (Å²) in [6, 6.07) is 16.8. The van der Waals surface area contributed by atoms with Crippen molar-refractivity contribution in [2.24, 2.45) is 10.1 Å². The molecule has 0 saturated carbocycles. The highest BCUT2D eigenvalue weighted by molar-refractivity contribution is 6.40. The molecule has 2 aromatic rings. The van der Waals surface area contributed by atoms with E-state index in [9.17, 15) is 5.21 Å². The van der Waals surface area contributed by atoms with E-state index >= 15 is 0 Å². The molecule has 3 N–H and O–H groups in total. The Morgan fingerprint density at radius 1 is 1.05 bits per heavy atom. The zero-order valence-electron chi connectivity index (χ0n) is 12.4. The van der Waals surface area contributed by atoms with Gasteiger partial charge in [0.25, 0.3) is 0 Å². The highest BCUT2D eigenvalue weighted by atomic mass is 16.5. The molecule has 6 heteroatoms. The molecule has 0 aliphatic carbocycles. The SMILES string of the molecule is COc1ccccc1N=C(NO)/C(C)=N/Nc1ccccc1. The average Bonchev–Trinajstić information content (AvgIpc) is 2.58. The number of aliphatic imine (C=N–C) groups is 1. The lowest BCUT2D eigenvalue weighted by molar-refractivity contribution is 0.236. The second-order valence-corrected chi connectivity index (χ2v) is 4.42. The number of benzene rings is 2. The molecule has 0 heterocycles. The molecule has 0 amide bonds. The van der Waals surface area contributed by atoms with Gasteiger partial charge in [-0.05, 0) is 31.2 Å². The number of hydrogen-bond acceptors (Lipinski definition) is 5. The van der Waals surface area contributed by atoms with E-state index < -0.39 is 0 Å². The summed E-state index contributed by atoms with van der Waals surface area (Å²) in [5, 5.41) is 13.5. The molecular formula is C16H18N4O2. The average molecular weight is 298 g/mol. The van der Waals surface area contributed by atoms with Crippen LogP contribution >= 0.6 is 0 Å². The molecule has 2 rings (SSSR count). The largest absolute Gasteiger partial charge is 0.494 e. The van der Waals surface area contributed by atoms with Gasteiger partial charge >= 0.3 is 0 Å². The Labute approximate surface area is 129 Å². The van der Waals surface area contributed by atoms with Crippen LogP contribution in [0.2, 0.25) is 0 Å². The fourth-order valence-electron chi connectivity index (χ4n) is 1.74. The van der Waals surface area contributed by atoms with Gasteiger partial charge in [-0.3, -0.25) is 16.1 Å². The summed E-state index contributed by atoms with van der Waals surface area (Å²) in [5.74, 6) is 0.840. The summed E-state index contributed by atoms with van der Waals surface area (Å²) in [4.78, 5) is 4.32. The standard InChI is InChI=1S/C16H18N4O2/c1-12(18-19-13-8-4-3-5-9-13)16(20-21)17-14-10-6-7-11-15(14)22-2/h3-11,19,21H,1-2H3,(H,17,20)/b18-12+. The molecule has 0 spiro atoms. The molecule has 22 heavy (non-hydrogen) atoms. The van der Waals surface area contributed by atoms with E-state index in [0.717, 1.165) is 5.69 Å². The van der Waals surface area contributed by atoms with E-state index in [2.05, 4.69) is 21.0 Å². The van der Waals surface area contributed by atoms with Crippen molar-refractivity contribution in [3.8, 4) is 5.75 Å². The molecule has 0 aliphatic heterocycles. The first-order valence-corrected chi connectivity index (χ1v) is 6.72. The van der Waals surface area contributed by atoms with E-state index in [4.69, 9.17) is 4.74 Å². The molecule has 114 valence electrons. The minimum atomic E-state index is 0.230. The van der Waals surface area contributed by atoms with Crippen molar-refractivity contribution in [3.05, 3.63) is 54.6 Å². The van der Waals surface area contributed by atoms with Gasteiger partial charge in [-0.2, -0.15) is 5.10 Å². The molecule has 6 nitrogen and oxygen atoms in total. The zero-order valence-corrected chi connectivity index (χ0v) is 12.4. The molecule has 2 aromatic carbocycles. The van der Waals surface area contributed by atoms with Crippen LogP contribution in [-0.4, -0.2) is 23.9 Å². The number of hydrazone groups is 1. The molecule has 0 fully saturated rings. The Morgan fingerprint density at radius 2 is 1.73 bits per heavy atom. The minimum absolute atomic E-state index is 0.230. The number of para-hydroxylation sites is 3. The zero-order chi connectivity index (χ0) is 15.8. The maximum absolute atomic E-state index is 9.29. The van der Waals surface area contributed by atoms with Gasteiger partial charge in [0, 0.05) is 0 Å². The van der Waals surface area contributed by atoms with E-state index in [1.54, 1.807) is 26.2 Å². The third-order valence-electron chi connectivity index (χ3n) is 2.89. The van der Waals surface area contributed by atoms with Crippen LogP contribution in [0.25, 0.3) is 0 Å². The van der Waals surface area contributed by atoms with Crippen LogP contribution in [0.1, 0.15) is 6.92 Å². The number of ether oxygens (including phenoxy) is 1. The molecular weight excluding hydrogens is 280 g/mol. The lowest BCUT2D eigenvalue weighted by Gasteiger charge is -2.08. The number of hydroxylamine groups is 1. The van der Waals surface area contributed by atoms with Crippen LogP contribution in [-0.2, 0) is 0 Å². The van der Waals surface area contributed by atoms with Crippen LogP contribution in [0, 0.1) is 0 Å². The van der Waals surface area contributed by atoms with Crippen molar-refractivity contribution < 1.29 is 9.94 Å². The van der Waals surface area contributed by atoms with Crippen molar-refractivity contribution in [2.75, 3.05) is 12.5 Å². The molecule has 0 aliphatic rings. The summed E-state index contributed by atoms with van der Waals surface area (Å²) < 4.78 is 5.23. The highest BCUT2D eigenvalue weighted by Gasteiger charge is 2.06. The quantitative estimate of drug-likeness (QED) is 0.450. The van der Waals surface area contributed by atoms with Crippen molar-refractivity contribution >= 4 is 22.9 Å². The predicted molar refractivity (Wildman–Crippen MR) is 88.2 cm³/mol. The number of hydrogen-bond donors (Lipinski definition) is 3. The van der Waals surface area contributed by atoms with Crippen LogP contribution < -0.4 is 15.6 Å². The van der Waals surface area contributed by atoms with Crippen LogP contribution in [0.3, 0.4) is 0 Å². The van der Waals surface area contributed by atoms with E-state index in [1.165, 1.54) is 0 Å². The number of anilines is 1. The highest BCUT2D eigenvalue weighted by Crippen LogP contribution is 2.26. The summed E-state index contributed by atoms with van der Waals surface area (Å²) in [7, 11) is 1.57. The Bertz CT molecular complexity index is 669. The second kappa shape index (κ2) is 7.80. The Kier molecular flexibility index (Phi) is 5.50. The second-order valence-electron chi connectivity index (χ2n) is 4.42. The molecule has 0 aromatic heterocycles. The predicted octanol–water partition coefficient (Wildman–Crippen LogP) is 3.19. The Morgan fingerprint density at radius 3 is 2.41 bits per heavy atom. The molecule has 0 radical (unpaired) electrons. The minimum Gasteiger partial charge on any atom is -0.494 e. The van der Waals surface area contributed by atoms with Crippen LogP contribution in [0.4, 0.5) is 11.4 Å². The fourth-order valence-corrected chi connectivity index (χ4v) is 1.74. The number of nitrogens with one attached hydrogen (secondary N) is 2. The van der Waals surface area contributed by atoms with Crippen molar-refractivity contribution in [3.63, 3.8) is 0 Å². The third-order valence-corrected chi connectivity index (χ3v) is 2.89. The third kappa shape index (κ3) is 4.07. The van der Waals surface area contributed by atoms with Gasteiger partial charge in [0.2, 0.25) is 0 Å². The Balaban J connectivity index is 2.21. The maximum Gasteiger partial charge on any atom is 0.173 e. The van der Waals surface area contributed by atoms with Crippen LogP contribution in [0.15, 0.2) is 64.7 Å². The number of methoxy groups -OCH3 is 1. The first kappa shape index (κ1) is 15.5. The fraction of sp³-hybridized carbons (Fsp3) is 0.125. The summed E-state index contributed by atoms with van der Waals surface area (Å²) in [6.07, 6.45) is 0. The molecule has 0 saturated heterocycles. The van der Waals surface area contributed by atoms with E-state index in [-0.39, 0.29) is 5.84 Å². The maximum atomic E-state index is 9.29. The lowest BCUT2D eigenvalue weighted by atomic mass is 10.3. The lowest BCUT2D eigenvalue weighted by Crippen LogP contribution is -2.27. The van der Waals surface area contributed by atoms with Gasteiger partial charge in [0.05, 0.1) is 12.8 Å². The molecule has 0 unspecified atom stereocenters. The smallest absolute Gasteiger partial charge is 0.173 e. The van der Waals surface area contributed by atoms with E-state index in [0.29, 0.717) is 17.1 Å². The van der Waals surface area contributed by atoms with Crippen molar-refractivity contribution in [2.45, 2.75) is 6.92 Å². The van der Waals surface area contributed by atoms with Crippen LogP contribution in [0.5, 0.6) is 5.75 Å².